The summed E-state index contributed by atoms with van der Waals surface area (Å²) in [4.78, 5) is 57.1. The Labute approximate surface area is 200 Å². The maximum Gasteiger partial charge on any atom is 0.332 e. The lowest BCUT2D eigenvalue weighted by Crippen LogP contribution is -2.42. The molecule has 0 aromatic carbocycles. The van der Waals surface area contributed by atoms with Gasteiger partial charge in [-0.3, -0.25) is 18.7 Å². The number of hydrogen-bond acceptors (Lipinski definition) is 11. The summed E-state index contributed by atoms with van der Waals surface area (Å²) in [5.41, 5.74) is 1.75. The number of aromatic nitrogens is 6. The normalized spacial score (nSPS) is 14.0. The van der Waals surface area contributed by atoms with Crippen LogP contribution in [-0.2, 0) is 18.9 Å². The number of carbonyl (C=O) groups is 1. The minimum absolute atomic E-state index is 0.0154. The summed E-state index contributed by atoms with van der Waals surface area (Å²) in [5, 5.41) is 5.52. The van der Waals surface area contributed by atoms with E-state index in [1.54, 1.807) is 25.4 Å². The molecular weight excluding hydrogens is 454 g/mol. The Bertz CT molecular complexity index is 1340. The topological polar surface area (TPSA) is 178 Å². The van der Waals surface area contributed by atoms with Crippen molar-refractivity contribution >= 4 is 29.2 Å². The van der Waals surface area contributed by atoms with E-state index in [9.17, 15) is 14.4 Å². The van der Waals surface area contributed by atoms with Crippen LogP contribution < -0.4 is 38.1 Å². The molecule has 1 atom stereocenters. The number of nitrogens with zero attached hydrogens (tertiary/aromatic N) is 7. The molecule has 1 aliphatic heterocycles. The molecule has 4 heterocycles. The highest BCUT2D eigenvalue weighted by atomic mass is 16.2. The van der Waals surface area contributed by atoms with Gasteiger partial charge in [0.2, 0.25) is 11.9 Å². The van der Waals surface area contributed by atoms with Crippen LogP contribution in [0.5, 0.6) is 0 Å². The standard InChI is InChI=1S/C21H27N11O3/c1-12(26-15-17(29-22)30(2)21(35)31(3)19(15)34)18(33)28-14-6-7-23-16(27-14)13-10-24-20(25-11-13)32-8-4-5-9-32/h6-7,10-12,26,29H,4-5,8-9,22H2,1-3H3,(H,23,27,28,33)/t12-/m0/s1. The molecule has 35 heavy (non-hydrogen) atoms. The highest BCUT2D eigenvalue weighted by Crippen LogP contribution is 2.19. The Morgan fingerprint density at radius 1 is 1.09 bits per heavy atom. The van der Waals surface area contributed by atoms with Crippen LogP contribution in [0, 0.1) is 0 Å². The smallest absolute Gasteiger partial charge is 0.332 e. The van der Waals surface area contributed by atoms with Gasteiger partial charge in [0.25, 0.3) is 5.56 Å². The minimum atomic E-state index is -0.867. The van der Waals surface area contributed by atoms with E-state index in [0.29, 0.717) is 17.3 Å². The van der Waals surface area contributed by atoms with Crippen molar-refractivity contribution in [2.24, 2.45) is 19.9 Å². The average molecular weight is 482 g/mol. The van der Waals surface area contributed by atoms with Gasteiger partial charge < -0.3 is 21.0 Å². The molecule has 0 spiro atoms. The van der Waals surface area contributed by atoms with Crippen molar-refractivity contribution in [3.63, 3.8) is 0 Å². The van der Waals surface area contributed by atoms with Crippen molar-refractivity contribution < 1.29 is 4.79 Å². The minimum Gasteiger partial charge on any atom is -0.366 e. The van der Waals surface area contributed by atoms with Gasteiger partial charge in [0.05, 0.1) is 5.56 Å². The third kappa shape index (κ3) is 4.82. The molecular formula is C21H27N11O3. The fourth-order valence-corrected chi connectivity index (χ4v) is 3.74. The number of hydrogen-bond donors (Lipinski definition) is 4. The molecule has 5 N–H and O–H groups in total. The zero-order chi connectivity index (χ0) is 25.1. The fraction of sp³-hybridized carbons (Fsp3) is 0.381. The highest BCUT2D eigenvalue weighted by molar-refractivity contribution is 5.96. The Morgan fingerprint density at radius 2 is 1.77 bits per heavy atom. The zero-order valence-corrected chi connectivity index (χ0v) is 19.6. The van der Waals surface area contributed by atoms with Crippen molar-refractivity contribution in [1.29, 1.82) is 0 Å². The fourth-order valence-electron chi connectivity index (χ4n) is 3.74. The molecule has 1 amide bonds. The summed E-state index contributed by atoms with van der Waals surface area (Å²) < 4.78 is 2.09. The van der Waals surface area contributed by atoms with Crippen LogP contribution in [0.3, 0.4) is 0 Å². The molecule has 1 fully saturated rings. The Morgan fingerprint density at radius 3 is 2.43 bits per heavy atom. The number of hydrazine groups is 1. The molecule has 1 saturated heterocycles. The van der Waals surface area contributed by atoms with Crippen LogP contribution in [0.1, 0.15) is 19.8 Å². The Hall–Kier alpha value is -4.33. The first kappa shape index (κ1) is 23.8. The number of amides is 1. The first-order chi connectivity index (χ1) is 16.8. The first-order valence-corrected chi connectivity index (χ1v) is 11.0. The van der Waals surface area contributed by atoms with E-state index in [0.717, 1.165) is 30.5 Å². The predicted octanol–water partition coefficient (Wildman–Crippen LogP) is -0.344. The molecule has 0 unspecified atom stereocenters. The summed E-state index contributed by atoms with van der Waals surface area (Å²) in [6.45, 7) is 3.45. The number of nitrogens with two attached hydrogens (primary N) is 1. The lowest BCUT2D eigenvalue weighted by molar-refractivity contribution is -0.116. The predicted molar refractivity (Wildman–Crippen MR) is 131 cm³/mol. The molecule has 184 valence electrons. The van der Waals surface area contributed by atoms with Crippen molar-refractivity contribution in [2.75, 3.05) is 34.0 Å². The lowest BCUT2D eigenvalue weighted by atomic mass is 10.3. The lowest BCUT2D eigenvalue weighted by Gasteiger charge is -2.19. The van der Waals surface area contributed by atoms with E-state index >= 15 is 0 Å². The van der Waals surface area contributed by atoms with Crippen LogP contribution >= 0.6 is 0 Å². The molecule has 0 aliphatic carbocycles. The largest absolute Gasteiger partial charge is 0.366 e. The summed E-state index contributed by atoms with van der Waals surface area (Å²) >= 11 is 0. The maximum absolute atomic E-state index is 12.8. The van der Waals surface area contributed by atoms with Gasteiger partial charge in [0.15, 0.2) is 11.6 Å². The summed E-state index contributed by atoms with van der Waals surface area (Å²) in [6, 6.07) is 0.680. The third-order valence-electron chi connectivity index (χ3n) is 5.75. The van der Waals surface area contributed by atoms with Crippen molar-refractivity contribution in [3.8, 4) is 11.4 Å². The van der Waals surface area contributed by atoms with Gasteiger partial charge in [-0.25, -0.2) is 30.6 Å². The second-order valence-electron chi connectivity index (χ2n) is 8.16. The number of nitrogen functional groups attached to an aromatic ring is 1. The number of carbonyl (C=O) groups excluding carboxylic acids is 1. The molecule has 14 heteroatoms. The van der Waals surface area contributed by atoms with Crippen LogP contribution in [0.15, 0.2) is 34.2 Å². The zero-order valence-electron chi connectivity index (χ0n) is 19.6. The van der Waals surface area contributed by atoms with Crippen molar-refractivity contribution in [3.05, 3.63) is 45.5 Å². The molecule has 14 nitrogen and oxygen atoms in total. The van der Waals surface area contributed by atoms with E-state index in [2.05, 4.69) is 40.9 Å². The van der Waals surface area contributed by atoms with Gasteiger partial charge in [-0.2, -0.15) is 0 Å². The van der Waals surface area contributed by atoms with E-state index < -0.39 is 23.2 Å². The van der Waals surface area contributed by atoms with Gasteiger partial charge in [-0.05, 0) is 25.8 Å². The SMILES string of the molecule is C[C@H](Nc1c(NN)n(C)c(=O)n(C)c1=O)C(=O)Nc1ccnc(-c2cnc(N3CCCC3)nc2)n1. The van der Waals surface area contributed by atoms with Gasteiger partial charge in [0.1, 0.15) is 17.5 Å². The maximum atomic E-state index is 12.8. The van der Waals surface area contributed by atoms with Crippen molar-refractivity contribution in [2.45, 2.75) is 25.8 Å². The van der Waals surface area contributed by atoms with Gasteiger partial charge in [-0.15, -0.1) is 0 Å². The average Bonchev–Trinajstić information content (AvgIpc) is 3.41. The molecule has 1 aliphatic rings. The second kappa shape index (κ2) is 9.89. The molecule has 0 radical (unpaired) electrons. The molecule has 3 aromatic heterocycles. The van der Waals surface area contributed by atoms with Crippen LogP contribution in [0.25, 0.3) is 11.4 Å². The summed E-state index contributed by atoms with van der Waals surface area (Å²) in [6.07, 6.45) is 7.09. The van der Waals surface area contributed by atoms with Crippen LogP contribution in [-0.4, -0.2) is 54.1 Å². The molecule has 0 saturated carbocycles. The number of nitrogens with one attached hydrogen (secondary N) is 3. The van der Waals surface area contributed by atoms with E-state index in [1.807, 2.05) is 0 Å². The monoisotopic (exact) mass is 481 g/mol. The van der Waals surface area contributed by atoms with E-state index in [-0.39, 0.29) is 17.3 Å². The molecule has 0 bridgehead atoms. The highest BCUT2D eigenvalue weighted by Gasteiger charge is 2.21. The summed E-state index contributed by atoms with van der Waals surface area (Å²) in [7, 11) is 2.79. The van der Waals surface area contributed by atoms with Crippen molar-refractivity contribution in [1.82, 2.24) is 29.1 Å². The van der Waals surface area contributed by atoms with E-state index in [1.165, 1.54) is 24.9 Å². The molecule has 4 rings (SSSR count). The number of rotatable bonds is 7. The van der Waals surface area contributed by atoms with Gasteiger partial charge in [0, 0.05) is 45.8 Å². The Balaban J connectivity index is 1.49. The first-order valence-electron chi connectivity index (χ1n) is 11.0. The third-order valence-corrected chi connectivity index (χ3v) is 5.75. The van der Waals surface area contributed by atoms with Crippen LogP contribution in [0.2, 0.25) is 0 Å². The van der Waals surface area contributed by atoms with Gasteiger partial charge >= 0.3 is 5.69 Å². The second-order valence-corrected chi connectivity index (χ2v) is 8.16. The quantitative estimate of drug-likeness (QED) is 0.256. The molecule has 3 aromatic rings. The van der Waals surface area contributed by atoms with E-state index in [4.69, 9.17) is 5.84 Å². The van der Waals surface area contributed by atoms with Crippen LogP contribution in [0.4, 0.5) is 23.3 Å². The van der Waals surface area contributed by atoms with Gasteiger partial charge in [-0.1, -0.05) is 0 Å². The Kier molecular flexibility index (Phi) is 6.73. The summed E-state index contributed by atoms with van der Waals surface area (Å²) in [5.74, 6) is 6.39. The number of anilines is 4.